The van der Waals surface area contributed by atoms with Crippen LogP contribution < -0.4 is 5.32 Å². The van der Waals surface area contributed by atoms with E-state index in [1.165, 1.54) is 36.3 Å². The molecule has 1 atom stereocenters. The van der Waals surface area contributed by atoms with Gasteiger partial charge in [0.15, 0.2) is 0 Å². The molecule has 0 saturated heterocycles. The van der Waals surface area contributed by atoms with E-state index in [1.54, 1.807) is 0 Å². The van der Waals surface area contributed by atoms with Crippen LogP contribution in [0.3, 0.4) is 0 Å². The van der Waals surface area contributed by atoms with Crippen molar-refractivity contribution in [2.45, 2.75) is 38.6 Å². The van der Waals surface area contributed by atoms with Crippen molar-refractivity contribution in [3.8, 4) is 10.6 Å². The fourth-order valence-corrected chi connectivity index (χ4v) is 3.70. The highest BCUT2D eigenvalue weighted by Gasteiger charge is 2.24. The second-order valence-electron chi connectivity index (χ2n) is 4.97. The largest absolute Gasteiger partial charge is 0.309 e. The number of nitrogens with zero attached hydrogens (tertiary/aromatic N) is 2. The molecule has 0 bridgehead atoms. The van der Waals surface area contributed by atoms with Gasteiger partial charge in [0.05, 0.1) is 11.7 Å². The van der Waals surface area contributed by atoms with Crippen LogP contribution in [-0.2, 0) is 6.42 Å². The Bertz CT molecular complexity index is 536. The average Bonchev–Trinajstić information content (AvgIpc) is 2.90. The highest BCUT2D eigenvalue weighted by Crippen LogP contribution is 2.36. The number of nitrogens with one attached hydrogen (secondary N) is 1. The number of hydrogen-bond acceptors (Lipinski definition) is 4. The molecule has 3 rings (SSSR count). The van der Waals surface area contributed by atoms with Crippen LogP contribution in [0.15, 0.2) is 24.5 Å². The first kappa shape index (κ1) is 12.8. The van der Waals surface area contributed by atoms with Gasteiger partial charge in [0.2, 0.25) is 0 Å². The Morgan fingerprint density at radius 1 is 1.47 bits per heavy atom. The van der Waals surface area contributed by atoms with Crippen molar-refractivity contribution in [1.82, 2.24) is 15.3 Å². The van der Waals surface area contributed by atoms with Gasteiger partial charge in [-0.05, 0) is 44.4 Å². The topological polar surface area (TPSA) is 37.8 Å². The van der Waals surface area contributed by atoms with Gasteiger partial charge in [-0.2, -0.15) is 0 Å². The maximum absolute atomic E-state index is 4.87. The Kier molecular flexibility index (Phi) is 3.89. The van der Waals surface area contributed by atoms with Gasteiger partial charge < -0.3 is 5.32 Å². The maximum atomic E-state index is 4.87. The zero-order valence-corrected chi connectivity index (χ0v) is 12.0. The lowest BCUT2D eigenvalue weighted by molar-refractivity contribution is 0.454. The summed E-state index contributed by atoms with van der Waals surface area (Å²) in [5.74, 6) is 0. The minimum Gasteiger partial charge on any atom is -0.309 e. The zero-order chi connectivity index (χ0) is 13.1. The summed E-state index contributed by atoms with van der Waals surface area (Å²) in [5.41, 5.74) is 2.42. The van der Waals surface area contributed by atoms with E-state index in [-0.39, 0.29) is 0 Å². The molecule has 1 aliphatic rings. The molecular weight excluding hydrogens is 254 g/mol. The van der Waals surface area contributed by atoms with Gasteiger partial charge in [0.1, 0.15) is 5.01 Å². The molecule has 2 heterocycles. The molecule has 0 aliphatic heterocycles. The first-order valence-corrected chi connectivity index (χ1v) is 7.83. The SMILES string of the molecule is CCCNC1CCCc2sc(-c3cccnc3)nc21. The van der Waals surface area contributed by atoms with Gasteiger partial charge in [-0.25, -0.2) is 4.98 Å². The van der Waals surface area contributed by atoms with Crippen LogP contribution in [0.2, 0.25) is 0 Å². The summed E-state index contributed by atoms with van der Waals surface area (Å²) in [6, 6.07) is 4.51. The lowest BCUT2D eigenvalue weighted by Gasteiger charge is -2.22. The number of fused-ring (bicyclic) bond motifs is 1. The van der Waals surface area contributed by atoms with Crippen LogP contribution in [0.1, 0.15) is 42.8 Å². The van der Waals surface area contributed by atoms with E-state index in [9.17, 15) is 0 Å². The third kappa shape index (κ3) is 2.69. The van der Waals surface area contributed by atoms with E-state index >= 15 is 0 Å². The number of thiazole rings is 1. The Morgan fingerprint density at radius 3 is 3.21 bits per heavy atom. The highest BCUT2D eigenvalue weighted by atomic mass is 32.1. The van der Waals surface area contributed by atoms with Crippen LogP contribution >= 0.6 is 11.3 Å². The van der Waals surface area contributed by atoms with Gasteiger partial charge in [-0.1, -0.05) is 6.92 Å². The Balaban J connectivity index is 1.89. The van der Waals surface area contributed by atoms with Crippen molar-refractivity contribution in [3.63, 3.8) is 0 Å². The summed E-state index contributed by atoms with van der Waals surface area (Å²) >= 11 is 1.83. The molecule has 100 valence electrons. The van der Waals surface area contributed by atoms with Crippen LogP contribution in [0.25, 0.3) is 10.6 Å². The zero-order valence-electron chi connectivity index (χ0n) is 11.2. The van der Waals surface area contributed by atoms with E-state index in [0.717, 1.165) is 17.1 Å². The van der Waals surface area contributed by atoms with E-state index < -0.39 is 0 Å². The quantitative estimate of drug-likeness (QED) is 0.925. The third-order valence-corrected chi connectivity index (χ3v) is 4.68. The first-order chi connectivity index (χ1) is 9.38. The van der Waals surface area contributed by atoms with Crippen LogP contribution in [0.5, 0.6) is 0 Å². The lowest BCUT2D eigenvalue weighted by atomic mass is 9.97. The molecule has 3 nitrogen and oxygen atoms in total. The molecule has 0 radical (unpaired) electrons. The predicted molar refractivity (Wildman–Crippen MR) is 79.3 cm³/mol. The number of hydrogen-bond donors (Lipinski definition) is 1. The first-order valence-electron chi connectivity index (χ1n) is 7.02. The minimum atomic E-state index is 0.449. The fourth-order valence-electron chi connectivity index (χ4n) is 2.55. The molecule has 0 fully saturated rings. The molecule has 0 saturated carbocycles. The monoisotopic (exact) mass is 273 g/mol. The molecule has 1 N–H and O–H groups in total. The van der Waals surface area contributed by atoms with E-state index in [0.29, 0.717) is 6.04 Å². The molecule has 0 amide bonds. The average molecular weight is 273 g/mol. The number of rotatable bonds is 4. The molecule has 2 aromatic rings. The summed E-state index contributed by atoms with van der Waals surface area (Å²) in [6.45, 7) is 3.28. The van der Waals surface area contributed by atoms with Gasteiger partial charge in [-0.3, -0.25) is 4.98 Å². The van der Waals surface area contributed by atoms with Crippen molar-refractivity contribution >= 4 is 11.3 Å². The molecule has 0 aromatic carbocycles. The summed E-state index contributed by atoms with van der Waals surface area (Å²) in [5, 5.41) is 4.73. The van der Waals surface area contributed by atoms with Crippen molar-refractivity contribution in [2.24, 2.45) is 0 Å². The van der Waals surface area contributed by atoms with E-state index in [4.69, 9.17) is 4.98 Å². The normalized spacial score (nSPS) is 18.3. The predicted octanol–water partition coefficient (Wildman–Crippen LogP) is 3.58. The minimum absolute atomic E-state index is 0.449. The fraction of sp³-hybridized carbons (Fsp3) is 0.467. The van der Waals surface area contributed by atoms with E-state index in [2.05, 4.69) is 23.3 Å². The van der Waals surface area contributed by atoms with Crippen molar-refractivity contribution < 1.29 is 0 Å². The second-order valence-corrected chi connectivity index (χ2v) is 6.05. The lowest BCUT2D eigenvalue weighted by Crippen LogP contribution is -2.25. The summed E-state index contributed by atoms with van der Waals surface area (Å²) in [4.78, 5) is 10.5. The van der Waals surface area contributed by atoms with Gasteiger partial charge in [-0.15, -0.1) is 11.3 Å². The summed E-state index contributed by atoms with van der Waals surface area (Å²) in [6.07, 6.45) is 8.54. The van der Waals surface area contributed by atoms with Gasteiger partial charge >= 0.3 is 0 Å². The van der Waals surface area contributed by atoms with Crippen LogP contribution in [0.4, 0.5) is 0 Å². The van der Waals surface area contributed by atoms with Crippen LogP contribution in [0, 0.1) is 0 Å². The van der Waals surface area contributed by atoms with Gasteiger partial charge in [0, 0.05) is 22.8 Å². The number of pyridine rings is 1. The van der Waals surface area contributed by atoms with E-state index in [1.807, 2.05) is 29.8 Å². The Labute approximate surface area is 118 Å². The molecule has 1 aliphatic carbocycles. The molecular formula is C15H19N3S. The molecule has 1 unspecified atom stereocenters. The van der Waals surface area contributed by atoms with Crippen molar-refractivity contribution in [3.05, 3.63) is 35.1 Å². The highest BCUT2D eigenvalue weighted by molar-refractivity contribution is 7.15. The smallest absolute Gasteiger partial charge is 0.125 e. The molecule has 19 heavy (non-hydrogen) atoms. The maximum Gasteiger partial charge on any atom is 0.125 e. The second kappa shape index (κ2) is 5.80. The summed E-state index contributed by atoms with van der Waals surface area (Å²) in [7, 11) is 0. The number of aryl methyl sites for hydroxylation is 1. The third-order valence-electron chi connectivity index (χ3n) is 3.50. The van der Waals surface area contributed by atoms with Gasteiger partial charge in [0.25, 0.3) is 0 Å². The molecule has 0 spiro atoms. The molecule has 2 aromatic heterocycles. The van der Waals surface area contributed by atoms with Crippen LogP contribution in [-0.4, -0.2) is 16.5 Å². The van der Waals surface area contributed by atoms with Crippen molar-refractivity contribution in [1.29, 1.82) is 0 Å². The van der Waals surface area contributed by atoms with Crippen molar-refractivity contribution in [2.75, 3.05) is 6.54 Å². The number of aromatic nitrogens is 2. The Morgan fingerprint density at radius 2 is 2.42 bits per heavy atom. The Hall–Kier alpha value is -1.26. The summed E-state index contributed by atoms with van der Waals surface area (Å²) < 4.78 is 0. The molecule has 4 heteroatoms. The standard InChI is InChI=1S/C15H19N3S/c1-2-8-17-12-6-3-7-13-14(12)18-15(19-13)11-5-4-9-16-10-11/h4-5,9-10,12,17H,2-3,6-8H2,1H3.